The second kappa shape index (κ2) is 8.54. The van der Waals surface area contributed by atoms with Crippen molar-refractivity contribution < 1.29 is 0 Å². The summed E-state index contributed by atoms with van der Waals surface area (Å²) in [6.07, 6.45) is 7.46. The van der Waals surface area contributed by atoms with Crippen LogP contribution in [0.5, 0.6) is 0 Å². The van der Waals surface area contributed by atoms with Crippen molar-refractivity contribution in [2.24, 2.45) is 0 Å². The summed E-state index contributed by atoms with van der Waals surface area (Å²) < 4.78 is 0.997. The van der Waals surface area contributed by atoms with Gasteiger partial charge in [0.2, 0.25) is 0 Å². The first-order chi connectivity index (χ1) is 12.6. The Balaban J connectivity index is 1.97. The molecule has 2 heterocycles. The fourth-order valence-corrected chi connectivity index (χ4v) is 4.07. The summed E-state index contributed by atoms with van der Waals surface area (Å²) in [5.74, 6) is 0.991. The van der Waals surface area contributed by atoms with E-state index >= 15 is 0 Å². The summed E-state index contributed by atoms with van der Waals surface area (Å²) in [4.78, 5) is 14.6. The smallest absolute Gasteiger partial charge is 0.197 e. The lowest BCUT2D eigenvalue weighted by molar-refractivity contribution is 0.437. The molecule has 132 valence electrons. The third-order valence-electron chi connectivity index (χ3n) is 3.94. The van der Waals surface area contributed by atoms with Crippen molar-refractivity contribution in [1.82, 2.24) is 14.9 Å². The number of benzene rings is 1. The molecule has 0 amide bonds. The van der Waals surface area contributed by atoms with E-state index in [0.717, 1.165) is 43.7 Å². The van der Waals surface area contributed by atoms with Gasteiger partial charge in [0.05, 0.1) is 6.57 Å². The van der Waals surface area contributed by atoms with Crippen molar-refractivity contribution in [3.63, 3.8) is 0 Å². The molecule has 0 aliphatic rings. The van der Waals surface area contributed by atoms with Crippen molar-refractivity contribution in [1.29, 1.82) is 0 Å². The average molecular weight is 427 g/mol. The molecule has 1 aromatic carbocycles. The quantitative estimate of drug-likeness (QED) is 0.423. The number of hydrogen-bond donors (Lipinski definition) is 1. The second-order valence-corrected chi connectivity index (χ2v) is 8.15. The Morgan fingerprint density at radius 1 is 1.38 bits per heavy atom. The molecule has 4 nitrogen and oxygen atoms in total. The molecule has 0 saturated carbocycles. The minimum absolute atomic E-state index is 0.608. The molecule has 3 rings (SSSR count). The number of fused-ring (bicyclic) bond motifs is 1. The molecule has 0 fully saturated rings. The Morgan fingerprint density at radius 2 is 2.23 bits per heavy atom. The number of thioether (sulfide) groups is 1. The van der Waals surface area contributed by atoms with Crippen molar-refractivity contribution in [3.05, 3.63) is 69.9 Å². The molecule has 0 radical (unpaired) electrons. The molecule has 0 aliphatic heterocycles. The second-order valence-electron chi connectivity index (χ2n) is 6.10. The molecule has 1 N–H and O–H groups in total. The molecule has 6 heteroatoms. The first-order valence-electron chi connectivity index (χ1n) is 8.16. The van der Waals surface area contributed by atoms with Gasteiger partial charge in [-0.3, -0.25) is 4.98 Å². The van der Waals surface area contributed by atoms with Gasteiger partial charge in [0, 0.05) is 45.1 Å². The lowest BCUT2D eigenvalue weighted by atomic mass is 10.1. The van der Waals surface area contributed by atoms with Gasteiger partial charge in [-0.05, 0) is 61.6 Å². The molecule has 0 aliphatic carbocycles. The molecule has 0 spiro atoms. The van der Waals surface area contributed by atoms with Gasteiger partial charge in [0.1, 0.15) is 0 Å². The zero-order valence-corrected chi connectivity index (χ0v) is 17.1. The summed E-state index contributed by atoms with van der Waals surface area (Å²) in [5, 5.41) is 1.03. The van der Waals surface area contributed by atoms with E-state index in [4.69, 9.17) is 6.57 Å². The van der Waals surface area contributed by atoms with Crippen LogP contribution in [0.3, 0.4) is 0 Å². The largest absolute Gasteiger partial charge is 0.362 e. The highest BCUT2D eigenvalue weighted by molar-refractivity contribution is 9.10. The van der Waals surface area contributed by atoms with E-state index in [1.54, 1.807) is 18.0 Å². The van der Waals surface area contributed by atoms with Crippen LogP contribution >= 0.6 is 27.7 Å². The van der Waals surface area contributed by atoms with Crippen LogP contribution in [0.25, 0.3) is 27.5 Å². The standard InChI is InChI=1S/C20H19BrN4S/c1-22-19(17-13-24-18-5-4-15(21)11-16(17)18)10-14-12-23-7-6-20(14)26-9-8-25(2)3/h4-7,10-13,24H,8-9H2,2-3H3/b19-10-. The van der Waals surface area contributed by atoms with Gasteiger partial charge in [-0.25, -0.2) is 4.85 Å². The van der Waals surface area contributed by atoms with Crippen molar-refractivity contribution in [2.45, 2.75) is 4.90 Å². The van der Waals surface area contributed by atoms with Crippen LogP contribution in [0.15, 0.2) is 52.2 Å². The van der Waals surface area contributed by atoms with Gasteiger partial charge >= 0.3 is 0 Å². The van der Waals surface area contributed by atoms with E-state index in [2.05, 4.69) is 49.7 Å². The summed E-state index contributed by atoms with van der Waals surface area (Å²) >= 11 is 5.30. The first kappa shape index (κ1) is 18.7. The van der Waals surface area contributed by atoms with E-state index < -0.39 is 0 Å². The van der Waals surface area contributed by atoms with Crippen LogP contribution in [0.1, 0.15) is 11.1 Å². The summed E-state index contributed by atoms with van der Waals surface area (Å²) in [5.41, 5.74) is 3.51. The van der Waals surface area contributed by atoms with Gasteiger partial charge in [-0.15, -0.1) is 11.8 Å². The maximum Gasteiger partial charge on any atom is 0.197 e. The number of pyridine rings is 1. The predicted molar refractivity (Wildman–Crippen MR) is 114 cm³/mol. The zero-order chi connectivity index (χ0) is 18.5. The van der Waals surface area contributed by atoms with Crippen LogP contribution < -0.4 is 0 Å². The minimum atomic E-state index is 0.608. The van der Waals surface area contributed by atoms with Crippen LogP contribution in [-0.2, 0) is 0 Å². The van der Waals surface area contributed by atoms with E-state index in [0.29, 0.717) is 5.70 Å². The third-order valence-corrected chi connectivity index (χ3v) is 5.50. The van der Waals surface area contributed by atoms with Crippen molar-refractivity contribution >= 4 is 50.4 Å². The highest BCUT2D eigenvalue weighted by atomic mass is 79.9. The molecule has 0 unspecified atom stereocenters. The maximum absolute atomic E-state index is 7.68. The summed E-state index contributed by atoms with van der Waals surface area (Å²) in [6.45, 7) is 8.68. The van der Waals surface area contributed by atoms with Crippen LogP contribution in [-0.4, -0.2) is 41.3 Å². The summed E-state index contributed by atoms with van der Waals surface area (Å²) in [7, 11) is 4.14. The van der Waals surface area contributed by atoms with Crippen molar-refractivity contribution in [3.8, 4) is 0 Å². The van der Waals surface area contributed by atoms with Gasteiger partial charge < -0.3 is 9.88 Å². The zero-order valence-electron chi connectivity index (χ0n) is 14.7. The normalized spacial score (nSPS) is 11.9. The van der Waals surface area contributed by atoms with Crippen LogP contribution in [0, 0.1) is 6.57 Å². The number of hydrogen-bond acceptors (Lipinski definition) is 3. The summed E-state index contributed by atoms with van der Waals surface area (Å²) in [6, 6.07) is 8.05. The Morgan fingerprint density at radius 3 is 3.00 bits per heavy atom. The Labute approximate surface area is 166 Å². The third kappa shape index (κ3) is 4.36. The predicted octanol–water partition coefficient (Wildman–Crippen LogP) is 5.40. The molecular weight excluding hydrogens is 408 g/mol. The number of nitrogens with one attached hydrogen (secondary N) is 1. The van der Waals surface area contributed by atoms with Gasteiger partial charge in [0.25, 0.3) is 0 Å². The number of rotatable bonds is 6. The molecule has 26 heavy (non-hydrogen) atoms. The van der Waals surface area contributed by atoms with Gasteiger partial charge in [-0.2, -0.15) is 0 Å². The molecule has 0 atom stereocenters. The number of nitrogens with zero attached hydrogens (tertiary/aromatic N) is 3. The van der Waals surface area contributed by atoms with Gasteiger partial charge in [-0.1, -0.05) is 15.9 Å². The molecular formula is C20H19BrN4S. The fourth-order valence-electron chi connectivity index (χ4n) is 2.59. The van der Waals surface area contributed by atoms with E-state index in [9.17, 15) is 0 Å². The molecule has 0 saturated heterocycles. The maximum atomic E-state index is 7.68. The first-order valence-corrected chi connectivity index (χ1v) is 9.94. The van der Waals surface area contributed by atoms with E-state index in [1.165, 1.54) is 0 Å². The number of halogens is 1. The van der Waals surface area contributed by atoms with E-state index in [1.807, 2.05) is 42.7 Å². The number of H-pyrrole nitrogens is 1. The lowest BCUT2D eigenvalue weighted by Gasteiger charge is -2.10. The monoisotopic (exact) mass is 426 g/mol. The van der Waals surface area contributed by atoms with Crippen LogP contribution in [0.2, 0.25) is 0 Å². The SMILES string of the molecule is [C-]#[N+]/C(=C\c1cnccc1SCCN(C)C)c1c[nH]c2ccc(Br)cc12. The van der Waals surface area contributed by atoms with Crippen molar-refractivity contribution in [2.75, 3.05) is 26.4 Å². The Kier molecular flexibility index (Phi) is 6.15. The van der Waals surface area contributed by atoms with E-state index in [-0.39, 0.29) is 0 Å². The fraction of sp³-hybridized carbons (Fsp3) is 0.200. The Bertz CT molecular complexity index is 985. The van der Waals surface area contributed by atoms with Crippen LogP contribution in [0.4, 0.5) is 0 Å². The Hall–Kier alpha value is -2.07. The highest BCUT2D eigenvalue weighted by Gasteiger charge is 2.11. The molecule has 0 bridgehead atoms. The number of aromatic nitrogens is 2. The molecule has 3 aromatic rings. The van der Waals surface area contributed by atoms with Gasteiger partial charge in [0.15, 0.2) is 5.70 Å². The average Bonchev–Trinajstić information content (AvgIpc) is 3.03. The topological polar surface area (TPSA) is 36.3 Å². The molecule has 2 aromatic heterocycles. The lowest BCUT2D eigenvalue weighted by Crippen LogP contribution is -2.14. The number of aromatic amines is 1. The highest BCUT2D eigenvalue weighted by Crippen LogP contribution is 2.31. The minimum Gasteiger partial charge on any atom is -0.362 e.